The van der Waals surface area contributed by atoms with Crippen LogP contribution in [0.2, 0.25) is 0 Å². The standard InChI is InChI=1S/C14H14FNO2S/c1-8-3-4-11(15)6-12(8)16-7-10-5-13(14(17)18)19-9(10)2/h3-6,16H,7H2,1-2H3,(H,17,18). The highest BCUT2D eigenvalue weighted by molar-refractivity contribution is 7.14. The van der Waals surface area contributed by atoms with Gasteiger partial charge in [0.15, 0.2) is 0 Å². The molecule has 0 aliphatic carbocycles. The van der Waals surface area contributed by atoms with Gasteiger partial charge in [-0.3, -0.25) is 0 Å². The molecule has 0 unspecified atom stereocenters. The Balaban J connectivity index is 2.14. The molecule has 0 atom stereocenters. The lowest BCUT2D eigenvalue weighted by Gasteiger charge is -2.09. The number of halogens is 1. The fourth-order valence-electron chi connectivity index (χ4n) is 1.78. The largest absolute Gasteiger partial charge is 0.477 e. The molecule has 0 bridgehead atoms. The van der Waals surface area contributed by atoms with Gasteiger partial charge < -0.3 is 10.4 Å². The summed E-state index contributed by atoms with van der Waals surface area (Å²) in [6.45, 7) is 4.26. The molecule has 0 spiro atoms. The summed E-state index contributed by atoms with van der Waals surface area (Å²) in [5, 5.41) is 12.1. The minimum Gasteiger partial charge on any atom is -0.477 e. The second kappa shape index (κ2) is 5.40. The van der Waals surface area contributed by atoms with E-state index in [0.29, 0.717) is 11.4 Å². The van der Waals surface area contributed by atoms with E-state index in [1.807, 2.05) is 13.8 Å². The Hall–Kier alpha value is -1.88. The predicted octanol–water partition coefficient (Wildman–Crippen LogP) is 3.81. The number of benzene rings is 1. The first kappa shape index (κ1) is 13.5. The summed E-state index contributed by atoms with van der Waals surface area (Å²) in [4.78, 5) is 12.2. The molecule has 3 nitrogen and oxygen atoms in total. The van der Waals surface area contributed by atoms with Crippen molar-refractivity contribution in [1.82, 2.24) is 0 Å². The van der Waals surface area contributed by atoms with E-state index in [0.717, 1.165) is 21.7 Å². The molecule has 0 saturated heterocycles. The smallest absolute Gasteiger partial charge is 0.345 e. The highest BCUT2D eigenvalue weighted by atomic mass is 32.1. The number of nitrogens with one attached hydrogen (secondary N) is 1. The van der Waals surface area contributed by atoms with Crippen molar-refractivity contribution in [3.63, 3.8) is 0 Å². The van der Waals surface area contributed by atoms with Gasteiger partial charge in [-0.2, -0.15) is 0 Å². The van der Waals surface area contributed by atoms with Gasteiger partial charge >= 0.3 is 5.97 Å². The van der Waals surface area contributed by atoms with Gasteiger partial charge in [0.1, 0.15) is 10.7 Å². The molecule has 2 N–H and O–H groups in total. The van der Waals surface area contributed by atoms with Crippen LogP contribution in [0.4, 0.5) is 10.1 Å². The third-order valence-electron chi connectivity index (χ3n) is 2.90. The zero-order chi connectivity index (χ0) is 14.0. The molecule has 0 aliphatic rings. The molecule has 0 saturated carbocycles. The van der Waals surface area contributed by atoms with Crippen LogP contribution in [-0.4, -0.2) is 11.1 Å². The van der Waals surface area contributed by atoms with Gasteiger partial charge in [0.05, 0.1) is 0 Å². The van der Waals surface area contributed by atoms with Gasteiger partial charge in [0, 0.05) is 17.1 Å². The van der Waals surface area contributed by atoms with E-state index < -0.39 is 5.97 Å². The molecule has 100 valence electrons. The number of thiophene rings is 1. The van der Waals surface area contributed by atoms with Crippen LogP contribution in [0.1, 0.15) is 25.7 Å². The first-order valence-electron chi connectivity index (χ1n) is 5.80. The molecule has 2 aromatic rings. The lowest BCUT2D eigenvalue weighted by Crippen LogP contribution is -2.01. The number of aromatic carboxylic acids is 1. The average molecular weight is 279 g/mol. The van der Waals surface area contributed by atoms with E-state index in [-0.39, 0.29) is 5.82 Å². The Morgan fingerprint density at radius 1 is 1.37 bits per heavy atom. The highest BCUT2D eigenvalue weighted by Crippen LogP contribution is 2.23. The predicted molar refractivity (Wildman–Crippen MR) is 74.5 cm³/mol. The van der Waals surface area contributed by atoms with E-state index in [1.54, 1.807) is 12.1 Å². The zero-order valence-corrected chi connectivity index (χ0v) is 11.5. The monoisotopic (exact) mass is 279 g/mol. The van der Waals surface area contributed by atoms with Crippen LogP contribution >= 0.6 is 11.3 Å². The summed E-state index contributed by atoms with van der Waals surface area (Å²) in [7, 11) is 0. The van der Waals surface area contributed by atoms with Crippen molar-refractivity contribution in [2.24, 2.45) is 0 Å². The molecule has 2 rings (SSSR count). The van der Waals surface area contributed by atoms with Crippen molar-refractivity contribution in [1.29, 1.82) is 0 Å². The average Bonchev–Trinajstić information content (AvgIpc) is 2.72. The summed E-state index contributed by atoms with van der Waals surface area (Å²) in [5.74, 6) is -1.21. The summed E-state index contributed by atoms with van der Waals surface area (Å²) in [5.41, 5.74) is 2.60. The van der Waals surface area contributed by atoms with Crippen LogP contribution in [0.5, 0.6) is 0 Å². The second-order valence-electron chi connectivity index (χ2n) is 4.31. The van der Waals surface area contributed by atoms with Gasteiger partial charge in [-0.05, 0) is 43.2 Å². The number of carboxylic acid groups (broad SMARTS) is 1. The Labute approximate surface area is 114 Å². The maximum Gasteiger partial charge on any atom is 0.345 e. The zero-order valence-electron chi connectivity index (χ0n) is 10.7. The number of hydrogen-bond donors (Lipinski definition) is 2. The number of carbonyl (C=O) groups is 1. The van der Waals surface area contributed by atoms with Crippen LogP contribution in [0.15, 0.2) is 24.3 Å². The van der Waals surface area contributed by atoms with Crippen molar-refractivity contribution < 1.29 is 14.3 Å². The highest BCUT2D eigenvalue weighted by Gasteiger charge is 2.11. The number of carboxylic acids is 1. The number of anilines is 1. The van der Waals surface area contributed by atoms with Gasteiger partial charge in [-0.15, -0.1) is 11.3 Å². The van der Waals surface area contributed by atoms with Gasteiger partial charge in [-0.25, -0.2) is 9.18 Å². The molecule has 1 aromatic carbocycles. The minimum absolute atomic E-state index is 0.290. The van der Waals surface area contributed by atoms with E-state index >= 15 is 0 Å². The number of hydrogen-bond acceptors (Lipinski definition) is 3. The Kier molecular flexibility index (Phi) is 3.85. The molecular weight excluding hydrogens is 265 g/mol. The van der Waals surface area contributed by atoms with Crippen molar-refractivity contribution in [2.75, 3.05) is 5.32 Å². The summed E-state index contributed by atoms with van der Waals surface area (Å²) in [6, 6.07) is 6.22. The summed E-state index contributed by atoms with van der Waals surface area (Å²) >= 11 is 1.25. The topological polar surface area (TPSA) is 49.3 Å². The second-order valence-corrected chi connectivity index (χ2v) is 5.57. The fraction of sp³-hybridized carbons (Fsp3) is 0.214. The molecule has 19 heavy (non-hydrogen) atoms. The first-order chi connectivity index (χ1) is 8.97. The van der Waals surface area contributed by atoms with Crippen molar-refractivity contribution >= 4 is 23.0 Å². The summed E-state index contributed by atoms with van der Waals surface area (Å²) in [6.07, 6.45) is 0. The molecule has 0 aliphatic heterocycles. The van der Waals surface area contributed by atoms with Crippen molar-refractivity contribution in [3.05, 3.63) is 51.0 Å². The number of aryl methyl sites for hydroxylation is 2. The van der Waals surface area contributed by atoms with Crippen molar-refractivity contribution in [2.45, 2.75) is 20.4 Å². The summed E-state index contributed by atoms with van der Waals surface area (Å²) < 4.78 is 13.1. The molecule has 1 aromatic heterocycles. The van der Waals surface area contributed by atoms with Crippen LogP contribution in [-0.2, 0) is 6.54 Å². The van der Waals surface area contributed by atoms with E-state index in [1.165, 1.54) is 23.5 Å². The van der Waals surface area contributed by atoms with Crippen LogP contribution in [0.25, 0.3) is 0 Å². The maximum absolute atomic E-state index is 13.1. The molecular formula is C14H14FNO2S. The molecule has 0 amide bonds. The van der Waals surface area contributed by atoms with Gasteiger partial charge in [0.2, 0.25) is 0 Å². The third-order valence-corrected chi connectivity index (χ3v) is 3.98. The number of rotatable bonds is 4. The van der Waals surface area contributed by atoms with Gasteiger partial charge in [0.25, 0.3) is 0 Å². The fourth-order valence-corrected chi connectivity index (χ4v) is 2.66. The Morgan fingerprint density at radius 3 is 2.74 bits per heavy atom. The lowest BCUT2D eigenvalue weighted by atomic mass is 10.2. The molecule has 0 fully saturated rings. The van der Waals surface area contributed by atoms with Crippen LogP contribution in [0, 0.1) is 19.7 Å². The molecule has 0 radical (unpaired) electrons. The Bertz CT molecular complexity index is 622. The molecule has 5 heteroatoms. The Morgan fingerprint density at radius 2 is 2.11 bits per heavy atom. The third kappa shape index (κ3) is 3.12. The van der Waals surface area contributed by atoms with Crippen molar-refractivity contribution in [3.8, 4) is 0 Å². The van der Waals surface area contributed by atoms with E-state index in [2.05, 4.69) is 5.32 Å². The SMILES string of the molecule is Cc1ccc(F)cc1NCc1cc(C(=O)O)sc1C. The van der Waals surface area contributed by atoms with Crippen LogP contribution < -0.4 is 5.32 Å². The lowest BCUT2D eigenvalue weighted by molar-refractivity contribution is 0.0702. The normalized spacial score (nSPS) is 10.5. The molecule has 1 heterocycles. The van der Waals surface area contributed by atoms with E-state index in [9.17, 15) is 9.18 Å². The maximum atomic E-state index is 13.1. The van der Waals surface area contributed by atoms with Crippen LogP contribution in [0.3, 0.4) is 0 Å². The first-order valence-corrected chi connectivity index (χ1v) is 6.61. The van der Waals surface area contributed by atoms with Gasteiger partial charge in [-0.1, -0.05) is 6.07 Å². The quantitative estimate of drug-likeness (QED) is 0.894. The van der Waals surface area contributed by atoms with E-state index in [4.69, 9.17) is 5.11 Å². The minimum atomic E-state index is -0.915.